The Kier molecular flexibility index (Phi) is 9.32. The van der Waals surface area contributed by atoms with Gasteiger partial charge in [0.2, 0.25) is 5.91 Å². The van der Waals surface area contributed by atoms with Gasteiger partial charge in [-0.05, 0) is 47.4 Å². The van der Waals surface area contributed by atoms with Gasteiger partial charge in [-0.25, -0.2) is 0 Å². The Morgan fingerprint density at radius 1 is 1.14 bits per heavy atom. The Morgan fingerprint density at radius 2 is 1.83 bits per heavy atom. The van der Waals surface area contributed by atoms with Gasteiger partial charge in [-0.1, -0.05) is 36.2 Å². The van der Waals surface area contributed by atoms with Gasteiger partial charge in [-0.2, -0.15) is 13.2 Å². The summed E-state index contributed by atoms with van der Waals surface area (Å²) in [6.07, 6.45) is -3.67. The number of nitrogens with two attached hydrogens (primary N) is 1. The molecule has 5 nitrogen and oxygen atoms in total. The zero-order chi connectivity index (χ0) is 25.8. The molecule has 1 amide bonds. The van der Waals surface area contributed by atoms with E-state index in [9.17, 15) is 18.0 Å². The first-order valence-electron chi connectivity index (χ1n) is 11.4. The lowest BCUT2D eigenvalue weighted by molar-refractivity contribution is -0.138. The normalized spacial score (nSPS) is 15.4. The third-order valence-corrected chi connectivity index (χ3v) is 6.94. The summed E-state index contributed by atoms with van der Waals surface area (Å²) < 4.78 is 46.2. The lowest BCUT2D eigenvalue weighted by atomic mass is 9.89. The van der Waals surface area contributed by atoms with E-state index in [1.54, 1.807) is 17.0 Å². The number of carbonyl (C=O) groups is 1. The Labute approximate surface area is 213 Å². The Morgan fingerprint density at radius 3 is 2.40 bits per heavy atom. The predicted octanol–water partition coefficient (Wildman–Crippen LogP) is 5.50. The van der Waals surface area contributed by atoms with Crippen molar-refractivity contribution >= 4 is 34.8 Å². The van der Waals surface area contributed by atoms with Crippen LogP contribution in [0.25, 0.3) is 0 Å². The molecule has 1 fully saturated rings. The van der Waals surface area contributed by atoms with Crippen LogP contribution in [-0.2, 0) is 28.7 Å². The highest BCUT2D eigenvalue weighted by atomic mass is 35.5. The largest absolute Gasteiger partial charge is 0.416 e. The minimum Gasteiger partial charge on any atom is -0.384 e. The zero-order valence-electron chi connectivity index (χ0n) is 19.8. The third kappa shape index (κ3) is 6.61. The molecule has 192 valence electrons. The molecule has 0 aliphatic carbocycles. The van der Waals surface area contributed by atoms with Crippen molar-refractivity contribution in [2.75, 3.05) is 44.8 Å². The number of rotatable bonds is 8. The Bertz CT molecular complexity index is 1040. The van der Waals surface area contributed by atoms with Crippen molar-refractivity contribution in [2.45, 2.75) is 38.4 Å². The van der Waals surface area contributed by atoms with Gasteiger partial charge in [-0.15, -0.1) is 0 Å². The van der Waals surface area contributed by atoms with Crippen molar-refractivity contribution in [1.82, 2.24) is 4.90 Å². The van der Waals surface area contributed by atoms with Crippen LogP contribution in [0.5, 0.6) is 0 Å². The minimum absolute atomic E-state index is 0.0127. The van der Waals surface area contributed by atoms with E-state index in [1.165, 1.54) is 13.2 Å². The molecule has 0 bridgehead atoms. The molecule has 35 heavy (non-hydrogen) atoms. The van der Waals surface area contributed by atoms with E-state index in [1.807, 2.05) is 17.9 Å². The monoisotopic (exact) mass is 531 g/mol. The first-order valence-corrected chi connectivity index (χ1v) is 12.2. The maximum atomic E-state index is 13.7. The topological polar surface area (TPSA) is 58.8 Å². The zero-order valence-corrected chi connectivity index (χ0v) is 21.3. The molecule has 1 aliphatic heterocycles. The number of hydrogen-bond donors (Lipinski definition) is 1. The van der Waals surface area contributed by atoms with Gasteiger partial charge in [-0.3, -0.25) is 4.79 Å². The fourth-order valence-electron chi connectivity index (χ4n) is 4.62. The van der Waals surface area contributed by atoms with E-state index < -0.39 is 11.7 Å². The Hall–Kier alpha value is -2.00. The standard InChI is InChI=1S/C25H30Cl2F3N3O2/c1-16(15-35-2)24-19(14-31)20(25(28,29)30)6-7-22(24)32-9-11-33(12-10-32)23(34)8-4-17-3-5-18(26)13-21(17)27/h3,5-7,13,16H,4,8-12,14-15,31H2,1-2H3. The fraction of sp³-hybridized carbons (Fsp3) is 0.480. The highest BCUT2D eigenvalue weighted by molar-refractivity contribution is 6.35. The average Bonchev–Trinajstić information content (AvgIpc) is 2.82. The molecule has 0 radical (unpaired) electrons. The summed E-state index contributed by atoms with van der Waals surface area (Å²) in [4.78, 5) is 16.6. The maximum Gasteiger partial charge on any atom is 0.416 e. The molecule has 2 aromatic carbocycles. The number of piperazine rings is 1. The number of benzene rings is 2. The van der Waals surface area contributed by atoms with Crippen LogP contribution in [0.15, 0.2) is 30.3 Å². The van der Waals surface area contributed by atoms with E-state index in [-0.39, 0.29) is 30.5 Å². The minimum atomic E-state index is -4.49. The molecule has 0 aromatic heterocycles. The van der Waals surface area contributed by atoms with Crippen LogP contribution in [0.2, 0.25) is 10.0 Å². The Balaban J connectivity index is 1.73. The van der Waals surface area contributed by atoms with Crippen LogP contribution in [-0.4, -0.2) is 50.7 Å². The van der Waals surface area contributed by atoms with E-state index in [0.717, 1.165) is 11.6 Å². The second kappa shape index (κ2) is 11.8. The van der Waals surface area contributed by atoms with Crippen molar-refractivity contribution in [2.24, 2.45) is 5.73 Å². The lowest BCUT2D eigenvalue weighted by Gasteiger charge is -2.38. The summed E-state index contributed by atoms with van der Waals surface area (Å²) in [5.74, 6) is -0.265. The molecule has 1 aliphatic rings. The quantitative estimate of drug-likeness (QED) is 0.488. The highest BCUT2D eigenvalue weighted by Gasteiger charge is 2.36. The molecule has 2 N–H and O–H groups in total. The number of amides is 1. The predicted molar refractivity (Wildman–Crippen MR) is 133 cm³/mol. The molecule has 2 aromatic rings. The van der Waals surface area contributed by atoms with Crippen LogP contribution in [0.4, 0.5) is 18.9 Å². The summed E-state index contributed by atoms with van der Waals surface area (Å²) in [5.41, 5.74) is 7.33. The second-order valence-corrected chi connectivity index (χ2v) is 9.53. The summed E-state index contributed by atoms with van der Waals surface area (Å²) in [7, 11) is 1.52. The van der Waals surface area contributed by atoms with Crippen molar-refractivity contribution in [3.05, 3.63) is 62.6 Å². The van der Waals surface area contributed by atoms with Crippen molar-refractivity contribution in [3.63, 3.8) is 0 Å². The van der Waals surface area contributed by atoms with E-state index in [2.05, 4.69) is 0 Å². The van der Waals surface area contributed by atoms with E-state index >= 15 is 0 Å². The van der Waals surface area contributed by atoms with Gasteiger partial charge in [0.05, 0.1) is 12.2 Å². The molecule has 0 spiro atoms. The number of halogens is 5. The molecule has 1 atom stereocenters. The molecular formula is C25H30Cl2F3N3O2. The number of ether oxygens (including phenoxy) is 1. The number of anilines is 1. The summed E-state index contributed by atoms with van der Waals surface area (Å²) in [6.45, 7) is 3.85. The van der Waals surface area contributed by atoms with Gasteiger partial charge < -0.3 is 20.3 Å². The highest BCUT2D eigenvalue weighted by Crippen LogP contribution is 2.40. The summed E-state index contributed by atoms with van der Waals surface area (Å²) >= 11 is 12.1. The van der Waals surface area contributed by atoms with Gasteiger partial charge in [0.1, 0.15) is 0 Å². The third-order valence-electron chi connectivity index (χ3n) is 6.35. The summed E-state index contributed by atoms with van der Waals surface area (Å²) in [5, 5.41) is 1.08. The lowest BCUT2D eigenvalue weighted by Crippen LogP contribution is -2.49. The van der Waals surface area contributed by atoms with Crippen molar-refractivity contribution < 1.29 is 22.7 Å². The van der Waals surface area contributed by atoms with Gasteiger partial charge in [0.25, 0.3) is 0 Å². The number of carbonyl (C=O) groups excluding carboxylic acids is 1. The molecule has 10 heteroatoms. The SMILES string of the molecule is COCC(C)c1c(N2CCN(C(=O)CCc3ccc(Cl)cc3Cl)CC2)ccc(C(F)(F)F)c1CN. The summed E-state index contributed by atoms with van der Waals surface area (Å²) in [6, 6.07) is 7.84. The molecular weight excluding hydrogens is 502 g/mol. The number of aryl methyl sites for hydroxylation is 1. The molecule has 1 unspecified atom stereocenters. The fourth-order valence-corrected chi connectivity index (χ4v) is 5.12. The molecule has 0 saturated carbocycles. The van der Waals surface area contributed by atoms with Gasteiger partial charge >= 0.3 is 6.18 Å². The number of hydrogen-bond acceptors (Lipinski definition) is 4. The first kappa shape index (κ1) is 27.6. The van der Waals surface area contributed by atoms with E-state index in [4.69, 9.17) is 33.7 Å². The number of nitrogens with zero attached hydrogens (tertiary/aromatic N) is 2. The van der Waals surface area contributed by atoms with E-state index in [0.29, 0.717) is 60.3 Å². The van der Waals surface area contributed by atoms with Crippen molar-refractivity contribution in [3.8, 4) is 0 Å². The first-order chi connectivity index (χ1) is 16.6. The number of alkyl halides is 3. The van der Waals surface area contributed by atoms with Crippen LogP contribution in [0, 0.1) is 0 Å². The van der Waals surface area contributed by atoms with Crippen LogP contribution in [0.1, 0.15) is 41.5 Å². The van der Waals surface area contributed by atoms with Crippen LogP contribution in [0.3, 0.4) is 0 Å². The van der Waals surface area contributed by atoms with Crippen molar-refractivity contribution in [1.29, 1.82) is 0 Å². The average molecular weight is 532 g/mol. The van der Waals surface area contributed by atoms with Crippen LogP contribution < -0.4 is 10.6 Å². The molecule has 1 saturated heterocycles. The van der Waals surface area contributed by atoms with Gasteiger partial charge in [0.15, 0.2) is 0 Å². The number of methoxy groups -OCH3 is 1. The smallest absolute Gasteiger partial charge is 0.384 e. The second-order valence-electron chi connectivity index (χ2n) is 8.69. The van der Waals surface area contributed by atoms with Gasteiger partial charge in [0, 0.05) is 67.9 Å². The molecule has 1 heterocycles. The molecule has 3 rings (SSSR count). The van der Waals surface area contributed by atoms with Crippen LogP contribution >= 0.6 is 23.2 Å². The maximum absolute atomic E-state index is 13.7.